The van der Waals surface area contributed by atoms with Gasteiger partial charge in [0.1, 0.15) is 11.9 Å². The highest BCUT2D eigenvalue weighted by molar-refractivity contribution is 5.89. The van der Waals surface area contributed by atoms with Crippen molar-refractivity contribution in [3.8, 4) is 11.6 Å². The predicted octanol–water partition coefficient (Wildman–Crippen LogP) is 3.70. The fourth-order valence-corrected chi connectivity index (χ4v) is 3.88. The molecule has 0 aliphatic carbocycles. The minimum atomic E-state index is -0.305. The molecule has 1 aliphatic rings. The lowest BCUT2D eigenvalue weighted by atomic mass is 10.1. The van der Waals surface area contributed by atoms with Crippen molar-refractivity contribution >= 4 is 11.8 Å². The maximum Gasteiger partial charge on any atom is 0.320 e. The number of aromatic nitrogens is 2. The van der Waals surface area contributed by atoms with Crippen molar-refractivity contribution in [3.05, 3.63) is 70.8 Å². The molecule has 8 nitrogen and oxygen atoms in total. The Hall–Kier alpha value is -3.36. The maximum atomic E-state index is 12.9. The van der Waals surface area contributed by atoms with E-state index in [-0.39, 0.29) is 12.1 Å². The van der Waals surface area contributed by atoms with Gasteiger partial charge >= 0.3 is 6.03 Å². The van der Waals surface area contributed by atoms with Crippen molar-refractivity contribution < 1.29 is 14.3 Å². The third-order valence-corrected chi connectivity index (χ3v) is 5.77. The van der Waals surface area contributed by atoms with Gasteiger partial charge in [-0.2, -0.15) is 0 Å². The van der Waals surface area contributed by atoms with Crippen LogP contribution in [0.5, 0.6) is 5.88 Å². The van der Waals surface area contributed by atoms with Gasteiger partial charge in [-0.05, 0) is 55.6 Å². The van der Waals surface area contributed by atoms with Crippen LogP contribution in [-0.2, 0) is 17.9 Å². The van der Waals surface area contributed by atoms with E-state index in [1.807, 2.05) is 56.3 Å². The lowest BCUT2D eigenvalue weighted by molar-refractivity contribution is 0.185. The molecule has 8 heteroatoms. The van der Waals surface area contributed by atoms with Crippen LogP contribution >= 0.6 is 0 Å². The van der Waals surface area contributed by atoms with Crippen molar-refractivity contribution in [1.29, 1.82) is 0 Å². The average molecular weight is 450 g/mol. The average Bonchev–Trinajstić information content (AvgIpc) is 3.44. The summed E-state index contributed by atoms with van der Waals surface area (Å²) in [6, 6.07) is 15.5. The Labute approximate surface area is 194 Å². The van der Waals surface area contributed by atoms with Gasteiger partial charge in [-0.25, -0.2) is 9.48 Å². The van der Waals surface area contributed by atoms with Gasteiger partial charge in [0.2, 0.25) is 5.88 Å². The number of nitrogens with zero attached hydrogens (tertiary/aromatic N) is 2. The van der Waals surface area contributed by atoms with Crippen LogP contribution in [0, 0.1) is 13.8 Å². The summed E-state index contributed by atoms with van der Waals surface area (Å²) in [5.74, 6) is 1.12. The molecular weight excluding hydrogens is 418 g/mol. The van der Waals surface area contributed by atoms with Gasteiger partial charge in [0, 0.05) is 20.2 Å². The van der Waals surface area contributed by atoms with Gasteiger partial charge in [0.15, 0.2) is 0 Å². The molecule has 3 N–H and O–H groups in total. The molecule has 2 amide bonds. The molecule has 174 valence electrons. The van der Waals surface area contributed by atoms with E-state index in [1.54, 1.807) is 11.8 Å². The first-order valence-electron chi connectivity index (χ1n) is 11.2. The van der Waals surface area contributed by atoms with E-state index in [4.69, 9.17) is 9.47 Å². The first-order valence-corrected chi connectivity index (χ1v) is 11.2. The van der Waals surface area contributed by atoms with Crippen LogP contribution in [0.2, 0.25) is 0 Å². The Morgan fingerprint density at radius 2 is 2.03 bits per heavy atom. The van der Waals surface area contributed by atoms with Gasteiger partial charge in [-0.15, -0.1) is 5.10 Å². The van der Waals surface area contributed by atoms with Gasteiger partial charge in [0.05, 0.1) is 17.9 Å². The van der Waals surface area contributed by atoms with Crippen LogP contribution in [0.3, 0.4) is 0 Å². The first-order chi connectivity index (χ1) is 16.0. The summed E-state index contributed by atoms with van der Waals surface area (Å²) in [4.78, 5) is 12.9. The second kappa shape index (κ2) is 10.5. The highest BCUT2D eigenvalue weighted by Gasteiger charge is 2.23. The molecule has 4 rings (SSSR count). The Morgan fingerprint density at radius 1 is 1.21 bits per heavy atom. The van der Waals surface area contributed by atoms with Crippen LogP contribution < -0.4 is 20.7 Å². The van der Waals surface area contributed by atoms with Crippen molar-refractivity contribution in [2.75, 3.05) is 25.5 Å². The summed E-state index contributed by atoms with van der Waals surface area (Å²) < 4.78 is 13.1. The Balaban J connectivity index is 1.52. The van der Waals surface area contributed by atoms with E-state index in [0.717, 1.165) is 47.5 Å². The molecule has 0 spiro atoms. The molecule has 1 aromatic heterocycles. The SMILES string of the molecule is COCc1ccc(C)c(CNC(=O)Nc2c(C)c(O[C@@H]3CCNC3)nn2-c2ccccc2)c1. The number of nitrogens with one attached hydrogen (secondary N) is 3. The fraction of sp³-hybridized carbons (Fsp3) is 0.360. The largest absolute Gasteiger partial charge is 0.472 e. The second-order valence-electron chi connectivity index (χ2n) is 8.26. The van der Waals surface area contributed by atoms with Gasteiger partial charge in [0.25, 0.3) is 0 Å². The van der Waals surface area contributed by atoms with Gasteiger partial charge < -0.3 is 20.1 Å². The van der Waals surface area contributed by atoms with Gasteiger partial charge in [-0.3, -0.25) is 5.32 Å². The van der Waals surface area contributed by atoms with Crippen LogP contribution in [0.4, 0.5) is 10.6 Å². The molecular formula is C25H31N5O3. The van der Waals surface area contributed by atoms with E-state index in [2.05, 4.69) is 27.1 Å². The van der Waals surface area contributed by atoms with Crippen LogP contribution in [0.15, 0.2) is 48.5 Å². The number of methoxy groups -OCH3 is 1. The minimum absolute atomic E-state index is 0.0758. The number of anilines is 1. The van der Waals surface area contributed by atoms with Crippen LogP contribution in [0.25, 0.3) is 5.69 Å². The minimum Gasteiger partial charge on any atom is -0.472 e. The van der Waals surface area contributed by atoms with E-state index in [9.17, 15) is 4.79 Å². The number of amides is 2. The number of carbonyl (C=O) groups is 1. The Bertz CT molecular complexity index is 1090. The molecule has 33 heavy (non-hydrogen) atoms. The van der Waals surface area contributed by atoms with Crippen molar-refractivity contribution in [2.45, 2.75) is 39.5 Å². The number of rotatable bonds is 8. The number of hydrogen-bond donors (Lipinski definition) is 3. The summed E-state index contributed by atoms with van der Waals surface area (Å²) in [6.45, 7) is 6.61. The zero-order valence-electron chi connectivity index (χ0n) is 19.4. The number of benzene rings is 2. The summed E-state index contributed by atoms with van der Waals surface area (Å²) in [7, 11) is 1.67. The van der Waals surface area contributed by atoms with Crippen molar-refractivity contribution in [3.63, 3.8) is 0 Å². The van der Waals surface area contributed by atoms with E-state index >= 15 is 0 Å². The smallest absolute Gasteiger partial charge is 0.320 e. The molecule has 0 saturated carbocycles. The lowest BCUT2D eigenvalue weighted by Gasteiger charge is -2.13. The van der Waals surface area contributed by atoms with Crippen molar-refractivity contribution in [2.24, 2.45) is 0 Å². The maximum absolute atomic E-state index is 12.9. The fourth-order valence-electron chi connectivity index (χ4n) is 3.88. The number of hydrogen-bond acceptors (Lipinski definition) is 5. The topological polar surface area (TPSA) is 89.4 Å². The Morgan fingerprint density at radius 3 is 2.76 bits per heavy atom. The molecule has 0 unspecified atom stereocenters. The van der Waals surface area contributed by atoms with E-state index < -0.39 is 0 Å². The summed E-state index contributed by atoms with van der Waals surface area (Å²) in [5.41, 5.74) is 4.87. The normalized spacial score (nSPS) is 15.4. The molecule has 2 heterocycles. The third kappa shape index (κ3) is 5.53. The van der Waals surface area contributed by atoms with Crippen LogP contribution in [0.1, 0.15) is 28.7 Å². The van der Waals surface area contributed by atoms with Crippen molar-refractivity contribution in [1.82, 2.24) is 20.4 Å². The number of aryl methyl sites for hydroxylation is 1. The molecule has 0 bridgehead atoms. The van der Waals surface area contributed by atoms with Gasteiger partial charge in [-0.1, -0.05) is 36.4 Å². The predicted molar refractivity (Wildman–Crippen MR) is 128 cm³/mol. The number of ether oxygens (including phenoxy) is 2. The number of para-hydroxylation sites is 1. The highest BCUT2D eigenvalue weighted by atomic mass is 16.5. The summed E-state index contributed by atoms with van der Waals surface area (Å²) in [5, 5.41) is 13.9. The zero-order chi connectivity index (χ0) is 23.2. The highest BCUT2D eigenvalue weighted by Crippen LogP contribution is 2.29. The molecule has 1 saturated heterocycles. The standard InChI is InChI=1S/C25H31N5O3/c1-17-9-10-19(16-32-3)13-20(17)14-27-25(31)28-23-18(2)24(33-22-11-12-26-15-22)29-30(23)21-7-5-4-6-8-21/h4-10,13,22,26H,11-12,14-16H2,1-3H3,(H2,27,28,31)/t22-/m1/s1. The molecule has 1 fully saturated rings. The Kier molecular flexibility index (Phi) is 7.26. The summed E-state index contributed by atoms with van der Waals surface area (Å²) in [6.07, 6.45) is 1.01. The first kappa shape index (κ1) is 22.8. The monoisotopic (exact) mass is 449 g/mol. The molecule has 1 atom stereocenters. The molecule has 0 radical (unpaired) electrons. The van der Waals surface area contributed by atoms with E-state index in [0.29, 0.717) is 24.8 Å². The summed E-state index contributed by atoms with van der Waals surface area (Å²) >= 11 is 0. The quantitative estimate of drug-likeness (QED) is 0.488. The zero-order valence-corrected chi connectivity index (χ0v) is 19.4. The molecule has 2 aromatic carbocycles. The number of urea groups is 1. The number of carbonyl (C=O) groups excluding carboxylic acids is 1. The molecule has 1 aliphatic heterocycles. The third-order valence-electron chi connectivity index (χ3n) is 5.77. The second-order valence-corrected chi connectivity index (χ2v) is 8.26. The van der Waals surface area contributed by atoms with E-state index in [1.165, 1.54) is 0 Å². The van der Waals surface area contributed by atoms with Crippen LogP contribution in [-0.4, -0.2) is 42.1 Å². The lowest BCUT2D eigenvalue weighted by Crippen LogP contribution is -2.29. The molecule has 3 aromatic rings.